The van der Waals surface area contributed by atoms with Crippen molar-refractivity contribution < 1.29 is 0 Å². The third-order valence-corrected chi connectivity index (χ3v) is 3.90. The summed E-state index contributed by atoms with van der Waals surface area (Å²) in [5, 5.41) is 8.66. The lowest BCUT2D eigenvalue weighted by atomic mass is 9.90. The van der Waals surface area contributed by atoms with E-state index in [0.717, 1.165) is 24.2 Å². The van der Waals surface area contributed by atoms with Gasteiger partial charge in [-0.15, -0.1) is 0 Å². The molecule has 0 amide bonds. The molecule has 0 aliphatic heterocycles. The van der Waals surface area contributed by atoms with Crippen molar-refractivity contribution in [2.45, 2.75) is 52.2 Å². The van der Waals surface area contributed by atoms with E-state index in [2.05, 4.69) is 63.2 Å². The van der Waals surface area contributed by atoms with E-state index in [1.54, 1.807) is 0 Å². The van der Waals surface area contributed by atoms with Gasteiger partial charge in [0.05, 0.1) is 11.4 Å². The molecule has 0 aliphatic rings. The number of thioether (sulfide) groups is 1. The third-order valence-electron chi connectivity index (χ3n) is 2.65. The quantitative estimate of drug-likeness (QED) is 0.816. The van der Waals surface area contributed by atoms with E-state index in [1.807, 2.05) is 11.8 Å². The molecule has 1 aromatic rings. The maximum absolute atomic E-state index is 4.33. The van der Waals surface area contributed by atoms with Crippen molar-refractivity contribution in [2.24, 2.45) is 5.41 Å². The summed E-state index contributed by atoms with van der Waals surface area (Å²) in [5.41, 5.74) is 2.44. The van der Waals surface area contributed by atoms with Crippen LogP contribution in [0.2, 0.25) is 0 Å². The molecule has 0 unspecified atom stereocenters. The Morgan fingerprint density at radius 3 is 1.76 bits per heavy atom. The minimum absolute atomic E-state index is 0.236. The lowest BCUT2D eigenvalue weighted by molar-refractivity contribution is 0.404. The fourth-order valence-electron chi connectivity index (χ4n) is 1.63. The van der Waals surface area contributed by atoms with E-state index in [-0.39, 0.29) is 10.2 Å². The zero-order valence-electron chi connectivity index (χ0n) is 11.9. The summed E-state index contributed by atoms with van der Waals surface area (Å²) in [7, 11) is 0. The Kier molecular flexibility index (Phi) is 4.59. The van der Waals surface area contributed by atoms with Crippen molar-refractivity contribution in [3.8, 4) is 0 Å². The highest BCUT2D eigenvalue weighted by molar-refractivity contribution is 7.99. The first-order valence-electron chi connectivity index (χ1n) is 6.08. The molecule has 96 valence electrons. The smallest absolute Gasteiger partial charge is 0.0644 e. The molecular weight excluding hydrogens is 228 g/mol. The van der Waals surface area contributed by atoms with Crippen LogP contribution in [0.5, 0.6) is 0 Å². The van der Waals surface area contributed by atoms with Gasteiger partial charge >= 0.3 is 0 Å². The van der Waals surface area contributed by atoms with Gasteiger partial charge in [0, 0.05) is 11.2 Å². The van der Waals surface area contributed by atoms with Crippen molar-refractivity contribution in [3.63, 3.8) is 0 Å². The molecule has 0 saturated heterocycles. The van der Waals surface area contributed by atoms with Crippen molar-refractivity contribution in [2.75, 3.05) is 6.26 Å². The topological polar surface area (TPSA) is 25.8 Å². The van der Waals surface area contributed by atoms with Crippen LogP contribution in [0.1, 0.15) is 46.0 Å². The fourth-order valence-corrected chi connectivity index (χ4v) is 1.92. The standard InChI is InChI=1S/C14H24N2S/c1-13(2,3)9-11-7-8-12(16-15-11)10-14(4,5)17-6/h7-8H,9-10H2,1-6H3. The molecule has 0 aliphatic carbocycles. The van der Waals surface area contributed by atoms with Crippen LogP contribution < -0.4 is 0 Å². The van der Waals surface area contributed by atoms with Crippen molar-refractivity contribution in [3.05, 3.63) is 23.5 Å². The molecule has 3 heteroatoms. The molecule has 0 aromatic carbocycles. The average Bonchev–Trinajstić information content (AvgIpc) is 2.19. The molecule has 1 rings (SSSR count). The monoisotopic (exact) mass is 252 g/mol. The summed E-state index contributed by atoms with van der Waals surface area (Å²) in [6, 6.07) is 4.23. The van der Waals surface area contributed by atoms with Gasteiger partial charge in [0.2, 0.25) is 0 Å². The molecule has 0 atom stereocenters. The van der Waals surface area contributed by atoms with Gasteiger partial charge in [-0.25, -0.2) is 0 Å². The van der Waals surface area contributed by atoms with E-state index >= 15 is 0 Å². The molecule has 0 radical (unpaired) electrons. The number of aromatic nitrogens is 2. The lowest BCUT2D eigenvalue weighted by Crippen LogP contribution is -2.19. The molecule has 0 N–H and O–H groups in total. The van der Waals surface area contributed by atoms with Gasteiger partial charge in [-0.05, 0) is 30.2 Å². The zero-order chi connectivity index (χ0) is 13.1. The first kappa shape index (κ1) is 14.5. The van der Waals surface area contributed by atoms with Crippen LogP contribution in [0.3, 0.4) is 0 Å². The minimum Gasteiger partial charge on any atom is -0.159 e. The minimum atomic E-state index is 0.236. The largest absolute Gasteiger partial charge is 0.159 e. The molecule has 0 bridgehead atoms. The Hall–Kier alpha value is -0.570. The SMILES string of the molecule is CSC(C)(C)Cc1ccc(CC(C)(C)C)nn1. The Bertz CT molecular complexity index is 349. The summed E-state index contributed by atoms with van der Waals surface area (Å²) in [6.45, 7) is 11.1. The van der Waals surface area contributed by atoms with Gasteiger partial charge in [-0.2, -0.15) is 22.0 Å². The third kappa shape index (κ3) is 5.53. The molecule has 1 heterocycles. The number of hydrogen-bond acceptors (Lipinski definition) is 3. The van der Waals surface area contributed by atoms with E-state index < -0.39 is 0 Å². The average molecular weight is 252 g/mol. The van der Waals surface area contributed by atoms with Gasteiger partial charge < -0.3 is 0 Å². The Balaban J connectivity index is 2.69. The van der Waals surface area contributed by atoms with Crippen molar-refractivity contribution in [1.82, 2.24) is 10.2 Å². The zero-order valence-corrected chi connectivity index (χ0v) is 12.7. The summed E-state index contributed by atoms with van der Waals surface area (Å²) in [5.74, 6) is 0. The van der Waals surface area contributed by atoms with Gasteiger partial charge in [-0.3, -0.25) is 0 Å². The highest BCUT2D eigenvalue weighted by Crippen LogP contribution is 2.25. The molecular formula is C14H24N2S. The number of rotatable bonds is 4. The summed E-state index contributed by atoms with van der Waals surface area (Å²) in [4.78, 5) is 0. The molecule has 0 fully saturated rings. The molecule has 0 saturated carbocycles. The normalized spacial score (nSPS) is 12.8. The van der Waals surface area contributed by atoms with E-state index in [4.69, 9.17) is 0 Å². The molecule has 1 aromatic heterocycles. The van der Waals surface area contributed by atoms with Crippen LogP contribution in [0.25, 0.3) is 0 Å². The highest BCUT2D eigenvalue weighted by Gasteiger charge is 2.18. The van der Waals surface area contributed by atoms with Crippen LogP contribution in [-0.4, -0.2) is 21.2 Å². The number of hydrogen-bond donors (Lipinski definition) is 0. The Morgan fingerprint density at radius 1 is 0.941 bits per heavy atom. The van der Waals surface area contributed by atoms with Gasteiger partial charge in [0.15, 0.2) is 0 Å². The second-order valence-electron chi connectivity index (χ2n) is 6.39. The Labute approximate surface area is 110 Å². The summed E-state index contributed by atoms with van der Waals surface area (Å²) in [6.07, 6.45) is 4.09. The van der Waals surface area contributed by atoms with Crippen LogP contribution in [0, 0.1) is 5.41 Å². The first-order valence-corrected chi connectivity index (χ1v) is 7.31. The highest BCUT2D eigenvalue weighted by atomic mass is 32.2. The predicted molar refractivity (Wildman–Crippen MR) is 76.5 cm³/mol. The predicted octanol–water partition coefficient (Wildman–Crippen LogP) is 3.75. The first-order chi connectivity index (χ1) is 7.72. The van der Waals surface area contributed by atoms with E-state index in [1.165, 1.54) is 0 Å². The molecule has 17 heavy (non-hydrogen) atoms. The maximum atomic E-state index is 4.33. The van der Waals surface area contributed by atoms with Crippen LogP contribution in [0.4, 0.5) is 0 Å². The van der Waals surface area contributed by atoms with Crippen molar-refractivity contribution >= 4 is 11.8 Å². The second kappa shape index (κ2) is 5.38. The van der Waals surface area contributed by atoms with Crippen LogP contribution in [0.15, 0.2) is 12.1 Å². The van der Waals surface area contributed by atoms with Crippen LogP contribution in [-0.2, 0) is 12.8 Å². The van der Waals surface area contributed by atoms with E-state index in [9.17, 15) is 0 Å². The summed E-state index contributed by atoms with van der Waals surface area (Å²) < 4.78 is 0.236. The number of nitrogens with zero attached hydrogens (tertiary/aromatic N) is 2. The molecule has 2 nitrogen and oxygen atoms in total. The van der Waals surface area contributed by atoms with Gasteiger partial charge in [0.25, 0.3) is 0 Å². The maximum Gasteiger partial charge on any atom is 0.0644 e. The van der Waals surface area contributed by atoms with Gasteiger partial charge in [0.1, 0.15) is 0 Å². The lowest BCUT2D eigenvalue weighted by Gasteiger charge is -2.21. The van der Waals surface area contributed by atoms with Crippen LogP contribution >= 0.6 is 11.8 Å². The molecule has 0 spiro atoms. The Morgan fingerprint density at radius 2 is 1.41 bits per heavy atom. The second-order valence-corrected chi connectivity index (χ2v) is 7.91. The van der Waals surface area contributed by atoms with E-state index in [0.29, 0.717) is 0 Å². The van der Waals surface area contributed by atoms with Gasteiger partial charge in [-0.1, -0.05) is 34.6 Å². The fraction of sp³-hybridized carbons (Fsp3) is 0.714. The van der Waals surface area contributed by atoms with Crippen molar-refractivity contribution in [1.29, 1.82) is 0 Å². The summed E-state index contributed by atoms with van der Waals surface area (Å²) >= 11 is 1.87.